The number of ketones is 1. The van der Waals surface area contributed by atoms with Gasteiger partial charge in [-0.15, -0.1) is 0 Å². The Kier molecular flexibility index (Phi) is 6.26. The SMILES string of the molecule is CCOC(=O)[C@H](CCC(C)C)C(=O)c1ccccc1. The topological polar surface area (TPSA) is 43.4 Å². The molecule has 1 aromatic carbocycles. The molecule has 0 aromatic heterocycles. The Morgan fingerprint density at radius 3 is 2.26 bits per heavy atom. The molecule has 0 aliphatic carbocycles. The zero-order valence-electron chi connectivity index (χ0n) is 11.9. The normalized spacial score (nSPS) is 12.2. The van der Waals surface area contributed by atoms with E-state index in [4.69, 9.17) is 4.74 Å². The summed E-state index contributed by atoms with van der Waals surface area (Å²) >= 11 is 0. The van der Waals surface area contributed by atoms with Crippen LogP contribution in [0.3, 0.4) is 0 Å². The molecular weight excluding hydrogens is 240 g/mol. The monoisotopic (exact) mass is 262 g/mol. The molecule has 3 nitrogen and oxygen atoms in total. The van der Waals surface area contributed by atoms with Gasteiger partial charge < -0.3 is 4.74 Å². The van der Waals surface area contributed by atoms with E-state index < -0.39 is 11.9 Å². The molecule has 0 radical (unpaired) electrons. The summed E-state index contributed by atoms with van der Waals surface area (Å²) in [5, 5.41) is 0. The lowest BCUT2D eigenvalue weighted by Crippen LogP contribution is -2.26. The third-order valence-corrected chi connectivity index (χ3v) is 2.98. The third-order valence-electron chi connectivity index (χ3n) is 2.98. The summed E-state index contributed by atoms with van der Waals surface area (Å²) in [5.74, 6) is -0.762. The number of Topliss-reactive ketones (excluding diaryl/α,β-unsaturated/α-hetero) is 1. The molecule has 0 fully saturated rings. The van der Waals surface area contributed by atoms with Crippen molar-refractivity contribution in [2.24, 2.45) is 11.8 Å². The van der Waals surface area contributed by atoms with Crippen LogP contribution >= 0.6 is 0 Å². The Morgan fingerprint density at radius 1 is 1.11 bits per heavy atom. The predicted molar refractivity (Wildman–Crippen MR) is 75.0 cm³/mol. The van der Waals surface area contributed by atoms with Gasteiger partial charge in [0.25, 0.3) is 0 Å². The van der Waals surface area contributed by atoms with Crippen molar-refractivity contribution in [1.82, 2.24) is 0 Å². The van der Waals surface area contributed by atoms with Crippen molar-refractivity contribution in [2.45, 2.75) is 33.6 Å². The van der Waals surface area contributed by atoms with Crippen LogP contribution in [0.2, 0.25) is 0 Å². The van der Waals surface area contributed by atoms with Crippen LogP contribution in [0.5, 0.6) is 0 Å². The molecule has 0 saturated carbocycles. The van der Waals surface area contributed by atoms with Crippen LogP contribution in [-0.4, -0.2) is 18.4 Å². The smallest absolute Gasteiger partial charge is 0.316 e. The largest absolute Gasteiger partial charge is 0.465 e. The molecule has 0 amide bonds. The van der Waals surface area contributed by atoms with E-state index in [0.29, 0.717) is 24.5 Å². The van der Waals surface area contributed by atoms with E-state index in [1.165, 1.54) is 0 Å². The number of carbonyl (C=O) groups excluding carboxylic acids is 2. The fourth-order valence-electron chi connectivity index (χ4n) is 1.90. The molecule has 1 atom stereocenters. The first kappa shape index (κ1) is 15.4. The van der Waals surface area contributed by atoms with Crippen LogP contribution in [0, 0.1) is 11.8 Å². The van der Waals surface area contributed by atoms with E-state index in [9.17, 15) is 9.59 Å². The summed E-state index contributed by atoms with van der Waals surface area (Å²) in [6.45, 7) is 6.22. The van der Waals surface area contributed by atoms with Gasteiger partial charge in [0.15, 0.2) is 5.78 Å². The van der Waals surface area contributed by atoms with Gasteiger partial charge in [0.1, 0.15) is 5.92 Å². The summed E-state index contributed by atoms with van der Waals surface area (Å²) in [7, 11) is 0. The number of benzene rings is 1. The molecule has 0 heterocycles. The Bertz CT molecular complexity index is 409. The Balaban J connectivity index is 2.83. The van der Waals surface area contributed by atoms with E-state index in [1.54, 1.807) is 31.2 Å². The molecule has 0 N–H and O–H groups in total. The van der Waals surface area contributed by atoms with Crippen LogP contribution in [0.15, 0.2) is 30.3 Å². The number of rotatable bonds is 7. The highest BCUT2D eigenvalue weighted by atomic mass is 16.5. The minimum Gasteiger partial charge on any atom is -0.465 e. The second-order valence-electron chi connectivity index (χ2n) is 5.01. The van der Waals surface area contributed by atoms with Crippen LogP contribution in [0.1, 0.15) is 44.0 Å². The molecule has 1 aromatic rings. The van der Waals surface area contributed by atoms with Crippen LogP contribution < -0.4 is 0 Å². The number of ether oxygens (including phenoxy) is 1. The minimum atomic E-state index is -0.676. The highest BCUT2D eigenvalue weighted by Crippen LogP contribution is 2.19. The van der Waals surface area contributed by atoms with Gasteiger partial charge in [-0.2, -0.15) is 0 Å². The van der Waals surface area contributed by atoms with Crippen molar-refractivity contribution < 1.29 is 14.3 Å². The highest BCUT2D eigenvalue weighted by Gasteiger charge is 2.28. The highest BCUT2D eigenvalue weighted by molar-refractivity contribution is 6.08. The summed E-state index contributed by atoms with van der Waals surface area (Å²) in [4.78, 5) is 24.3. The average Bonchev–Trinajstić information content (AvgIpc) is 2.39. The van der Waals surface area contributed by atoms with Crippen molar-refractivity contribution in [1.29, 1.82) is 0 Å². The zero-order valence-corrected chi connectivity index (χ0v) is 11.9. The summed E-state index contributed by atoms with van der Waals surface area (Å²) in [6, 6.07) is 8.94. The number of esters is 1. The summed E-state index contributed by atoms with van der Waals surface area (Å²) in [5.41, 5.74) is 0.573. The van der Waals surface area contributed by atoms with Crippen molar-refractivity contribution in [3.8, 4) is 0 Å². The summed E-state index contributed by atoms with van der Waals surface area (Å²) in [6.07, 6.45) is 1.38. The third kappa shape index (κ3) is 4.86. The average molecular weight is 262 g/mol. The van der Waals surface area contributed by atoms with Gasteiger partial charge in [0.2, 0.25) is 0 Å². The number of hydrogen-bond donors (Lipinski definition) is 0. The first-order chi connectivity index (χ1) is 9.06. The maximum Gasteiger partial charge on any atom is 0.316 e. The van der Waals surface area contributed by atoms with Crippen LogP contribution in [0.4, 0.5) is 0 Å². The van der Waals surface area contributed by atoms with E-state index in [-0.39, 0.29) is 5.78 Å². The lowest BCUT2D eigenvalue weighted by Gasteiger charge is -2.15. The fourth-order valence-corrected chi connectivity index (χ4v) is 1.90. The second-order valence-corrected chi connectivity index (χ2v) is 5.01. The van der Waals surface area contributed by atoms with Crippen LogP contribution in [-0.2, 0) is 9.53 Å². The molecule has 0 aliphatic heterocycles. The second kappa shape index (κ2) is 7.72. The molecule has 0 unspecified atom stereocenters. The summed E-state index contributed by atoms with van der Waals surface area (Å²) < 4.78 is 5.02. The van der Waals surface area contributed by atoms with Gasteiger partial charge in [0, 0.05) is 5.56 Å². The maximum absolute atomic E-state index is 12.4. The number of hydrogen-bond acceptors (Lipinski definition) is 3. The van der Waals surface area contributed by atoms with E-state index in [0.717, 1.165) is 6.42 Å². The minimum absolute atomic E-state index is 0.139. The van der Waals surface area contributed by atoms with Gasteiger partial charge in [-0.1, -0.05) is 44.2 Å². The van der Waals surface area contributed by atoms with E-state index >= 15 is 0 Å². The first-order valence-electron chi connectivity index (χ1n) is 6.82. The zero-order chi connectivity index (χ0) is 14.3. The Labute approximate surface area is 115 Å². The molecule has 0 saturated heterocycles. The van der Waals surface area contributed by atoms with Gasteiger partial charge in [-0.05, 0) is 25.7 Å². The first-order valence-corrected chi connectivity index (χ1v) is 6.82. The standard InChI is InChI=1S/C16H22O3/c1-4-19-16(18)14(11-10-12(2)3)15(17)13-8-6-5-7-9-13/h5-9,12,14H,4,10-11H2,1-3H3/t14-/m1/s1. The Hall–Kier alpha value is -1.64. The van der Waals surface area contributed by atoms with Crippen molar-refractivity contribution in [3.05, 3.63) is 35.9 Å². The van der Waals surface area contributed by atoms with Crippen molar-refractivity contribution in [3.63, 3.8) is 0 Å². The molecule has 19 heavy (non-hydrogen) atoms. The lowest BCUT2D eigenvalue weighted by molar-refractivity contribution is -0.146. The fraction of sp³-hybridized carbons (Fsp3) is 0.500. The van der Waals surface area contributed by atoms with Gasteiger partial charge >= 0.3 is 5.97 Å². The molecule has 1 rings (SSSR count). The molecule has 104 valence electrons. The van der Waals surface area contributed by atoms with E-state index in [2.05, 4.69) is 13.8 Å². The lowest BCUT2D eigenvalue weighted by atomic mass is 9.91. The van der Waals surface area contributed by atoms with Gasteiger partial charge in [-0.3, -0.25) is 9.59 Å². The maximum atomic E-state index is 12.4. The van der Waals surface area contributed by atoms with Crippen molar-refractivity contribution in [2.75, 3.05) is 6.61 Å². The van der Waals surface area contributed by atoms with Gasteiger partial charge in [-0.25, -0.2) is 0 Å². The van der Waals surface area contributed by atoms with Gasteiger partial charge in [0.05, 0.1) is 6.61 Å². The number of carbonyl (C=O) groups is 2. The molecule has 3 heteroatoms. The molecular formula is C16H22O3. The van der Waals surface area contributed by atoms with E-state index in [1.807, 2.05) is 6.07 Å². The quantitative estimate of drug-likeness (QED) is 0.429. The Morgan fingerprint density at radius 2 is 1.74 bits per heavy atom. The predicted octanol–water partition coefficient (Wildman–Crippen LogP) is 3.48. The molecule has 0 bridgehead atoms. The molecule has 0 spiro atoms. The molecule has 0 aliphatic rings. The van der Waals surface area contributed by atoms with Crippen LogP contribution in [0.25, 0.3) is 0 Å². The van der Waals surface area contributed by atoms with Crippen molar-refractivity contribution >= 4 is 11.8 Å².